The van der Waals surface area contributed by atoms with E-state index in [2.05, 4.69) is 5.10 Å². The van der Waals surface area contributed by atoms with Gasteiger partial charge in [0.25, 0.3) is 0 Å². The molecule has 0 aromatic carbocycles. The van der Waals surface area contributed by atoms with Gasteiger partial charge in [0, 0.05) is 17.8 Å². The molecular formula is C8H10ClN3. The van der Waals surface area contributed by atoms with Crippen LogP contribution in [0.2, 0.25) is 0 Å². The highest BCUT2D eigenvalue weighted by atomic mass is 35.5. The lowest BCUT2D eigenvalue weighted by Gasteiger charge is -2.02. The fraction of sp³-hybridized carbons (Fsp3) is 0.500. The molecule has 12 heavy (non-hydrogen) atoms. The Hall–Kier alpha value is -1.01. The highest BCUT2D eigenvalue weighted by molar-refractivity contribution is 6.22. The van der Waals surface area contributed by atoms with Crippen LogP contribution < -0.4 is 0 Å². The summed E-state index contributed by atoms with van der Waals surface area (Å²) in [7, 11) is 0. The molecule has 3 nitrogen and oxygen atoms in total. The third-order valence-corrected chi connectivity index (χ3v) is 1.91. The van der Waals surface area contributed by atoms with E-state index in [1.165, 1.54) is 0 Å². The number of nitrogens with zero attached hydrogens (tertiary/aromatic N) is 3. The van der Waals surface area contributed by atoms with Crippen LogP contribution in [0.25, 0.3) is 0 Å². The van der Waals surface area contributed by atoms with E-state index >= 15 is 0 Å². The smallest absolute Gasteiger partial charge is 0.148 e. The first-order valence-corrected chi connectivity index (χ1v) is 4.16. The number of alkyl halides is 1. The van der Waals surface area contributed by atoms with Gasteiger partial charge in [-0.1, -0.05) is 0 Å². The molecule has 0 radical (unpaired) electrons. The van der Waals surface area contributed by atoms with Crippen LogP contribution in [0.1, 0.15) is 30.8 Å². The summed E-state index contributed by atoms with van der Waals surface area (Å²) in [4.78, 5) is 0. The van der Waals surface area contributed by atoms with Crippen LogP contribution in [-0.4, -0.2) is 9.78 Å². The molecule has 1 aromatic rings. The number of halogens is 1. The third kappa shape index (κ3) is 1.77. The van der Waals surface area contributed by atoms with Gasteiger partial charge in [0.1, 0.15) is 5.38 Å². The van der Waals surface area contributed by atoms with Crippen LogP contribution in [0, 0.1) is 11.3 Å². The fourth-order valence-electron chi connectivity index (χ4n) is 0.841. The lowest BCUT2D eigenvalue weighted by atomic mass is 10.3. The number of nitriles is 1. The normalized spacial score (nSPS) is 12.9. The average molecular weight is 184 g/mol. The molecule has 0 fully saturated rings. The zero-order valence-corrected chi connectivity index (χ0v) is 7.78. The summed E-state index contributed by atoms with van der Waals surface area (Å²) in [6.45, 7) is 4.04. The Morgan fingerprint density at radius 1 is 1.67 bits per heavy atom. The van der Waals surface area contributed by atoms with E-state index in [1.54, 1.807) is 17.1 Å². The van der Waals surface area contributed by atoms with E-state index in [9.17, 15) is 0 Å². The van der Waals surface area contributed by atoms with Crippen molar-refractivity contribution in [2.45, 2.75) is 25.3 Å². The number of hydrogen-bond donors (Lipinski definition) is 0. The molecule has 64 valence electrons. The van der Waals surface area contributed by atoms with Crippen molar-refractivity contribution in [1.82, 2.24) is 9.78 Å². The minimum absolute atomic E-state index is 0.307. The molecule has 1 unspecified atom stereocenters. The largest absolute Gasteiger partial charge is 0.270 e. The van der Waals surface area contributed by atoms with Crippen molar-refractivity contribution in [2.24, 2.45) is 0 Å². The monoisotopic (exact) mass is 183 g/mol. The second-order valence-electron chi connectivity index (χ2n) is 2.84. The second-order valence-corrected chi connectivity index (χ2v) is 3.28. The Morgan fingerprint density at radius 2 is 2.33 bits per heavy atom. The molecule has 0 bridgehead atoms. The van der Waals surface area contributed by atoms with Crippen molar-refractivity contribution < 1.29 is 0 Å². The van der Waals surface area contributed by atoms with Crippen molar-refractivity contribution in [3.05, 3.63) is 18.0 Å². The summed E-state index contributed by atoms with van der Waals surface area (Å²) in [5.74, 6) is 0. The van der Waals surface area contributed by atoms with Crippen LogP contribution >= 0.6 is 11.6 Å². The van der Waals surface area contributed by atoms with Crippen LogP contribution in [0.5, 0.6) is 0 Å². The highest BCUT2D eigenvalue weighted by Gasteiger charge is 2.09. The summed E-state index contributed by atoms with van der Waals surface area (Å²) >= 11 is 5.69. The van der Waals surface area contributed by atoms with Crippen LogP contribution in [-0.2, 0) is 0 Å². The topological polar surface area (TPSA) is 41.6 Å². The maximum Gasteiger partial charge on any atom is 0.148 e. The number of hydrogen-bond acceptors (Lipinski definition) is 2. The molecule has 0 spiro atoms. The number of rotatable bonds is 2. The van der Waals surface area contributed by atoms with E-state index < -0.39 is 5.38 Å². The van der Waals surface area contributed by atoms with Gasteiger partial charge in [-0.3, -0.25) is 4.68 Å². The molecule has 0 saturated heterocycles. The van der Waals surface area contributed by atoms with E-state index in [0.717, 1.165) is 5.56 Å². The molecule has 0 amide bonds. The van der Waals surface area contributed by atoms with Gasteiger partial charge in [0.05, 0.1) is 12.3 Å². The van der Waals surface area contributed by atoms with Gasteiger partial charge in [0.2, 0.25) is 0 Å². The minimum atomic E-state index is -0.586. The molecular weight excluding hydrogens is 174 g/mol. The highest BCUT2D eigenvalue weighted by Crippen LogP contribution is 2.19. The van der Waals surface area contributed by atoms with E-state index in [0.29, 0.717) is 6.04 Å². The first-order chi connectivity index (χ1) is 5.65. The zero-order valence-electron chi connectivity index (χ0n) is 7.03. The molecule has 0 saturated carbocycles. The Morgan fingerprint density at radius 3 is 2.75 bits per heavy atom. The molecule has 0 aliphatic carbocycles. The first-order valence-electron chi connectivity index (χ1n) is 3.73. The van der Waals surface area contributed by atoms with Crippen LogP contribution in [0.15, 0.2) is 12.4 Å². The number of aromatic nitrogens is 2. The Bertz CT molecular complexity index is 297. The summed E-state index contributed by atoms with van der Waals surface area (Å²) in [5, 5.41) is 12.0. The Kier molecular flexibility index (Phi) is 2.72. The maximum atomic E-state index is 8.52. The minimum Gasteiger partial charge on any atom is -0.270 e. The van der Waals surface area contributed by atoms with Gasteiger partial charge in [0.15, 0.2) is 0 Å². The average Bonchev–Trinajstić information content (AvgIpc) is 2.51. The Balaban J connectivity index is 2.86. The van der Waals surface area contributed by atoms with Crippen molar-refractivity contribution >= 4 is 11.6 Å². The van der Waals surface area contributed by atoms with Gasteiger partial charge in [-0.05, 0) is 13.8 Å². The molecule has 1 aromatic heterocycles. The van der Waals surface area contributed by atoms with Crippen molar-refractivity contribution in [3.8, 4) is 6.07 Å². The van der Waals surface area contributed by atoms with Crippen molar-refractivity contribution in [2.75, 3.05) is 0 Å². The molecule has 0 aliphatic rings. The van der Waals surface area contributed by atoms with Gasteiger partial charge in [-0.15, -0.1) is 11.6 Å². The third-order valence-electron chi connectivity index (χ3n) is 1.56. The van der Waals surface area contributed by atoms with Gasteiger partial charge in [-0.25, -0.2) is 0 Å². The summed E-state index contributed by atoms with van der Waals surface area (Å²) in [5.41, 5.74) is 0.757. The van der Waals surface area contributed by atoms with Gasteiger partial charge >= 0.3 is 0 Å². The predicted molar refractivity (Wildman–Crippen MR) is 46.8 cm³/mol. The van der Waals surface area contributed by atoms with E-state index in [-0.39, 0.29) is 0 Å². The zero-order chi connectivity index (χ0) is 9.14. The van der Waals surface area contributed by atoms with Crippen LogP contribution in [0.4, 0.5) is 0 Å². The standard InChI is InChI=1S/C8H10ClN3/c1-6(2)12-5-7(4-11-12)8(9)3-10/h4-6,8H,1-2H3. The Labute approximate surface area is 76.6 Å². The predicted octanol–water partition coefficient (Wildman–Crippen LogP) is 2.27. The molecule has 1 heterocycles. The second kappa shape index (κ2) is 3.59. The first kappa shape index (κ1) is 9.08. The molecule has 1 rings (SSSR count). The van der Waals surface area contributed by atoms with Crippen molar-refractivity contribution in [3.63, 3.8) is 0 Å². The van der Waals surface area contributed by atoms with E-state index in [4.69, 9.17) is 16.9 Å². The fourth-order valence-corrected chi connectivity index (χ4v) is 0.953. The molecule has 4 heteroatoms. The summed E-state index contributed by atoms with van der Waals surface area (Å²) < 4.78 is 1.78. The lowest BCUT2D eigenvalue weighted by Crippen LogP contribution is -1.99. The van der Waals surface area contributed by atoms with Crippen LogP contribution in [0.3, 0.4) is 0 Å². The molecule has 1 atom stereocenters. The maximum absolute atomic E-state index is 8.52. The molecule has 0 aliphatic heterocycles. The summed E-state index contributed by atoms with van der Waals surface area (Å²) in [6, 6.07) is 2.25. The lowest BCUT2D eigenvalue weighted by molar-refractivity contribution is 0.532. The van der Waals surface area contributed by atoms with Gasteiger partial charge in [-0.2, -0.15) is 10.4 Å². The van der Waals surface area contributed by atoms with Crippen molar-refractivity contribution in [1.29, 1.82) is 5.26 Å². The molecule has 0 N–H and O–H groups in total. The quantitative estimate of drug-likeness (QED) is 0.660. The SMILES string of the molecule is CC(C)n1cc(C(Cl)C#N)cn1. The van der Waals surface area contributed by atoms with E-state index in [1.807, 2.05) is 19.9 Å². The summed E-state index contributed by atoms with van der Waals surface area (Å²) in [6.07, 6.45) is 3.42. The van der Waals surface area contributed by atoms with Gasteiger partial charge < -0.3 is 0 Å².